The number of hydrazine groups is 1. The first-order chi connectivity index (χ1) is 16.2. The normalized spacial score (nSPS) is 10.7. The second kappa shape index (κ2) is 9.10. The number of aromatic nitrogens is 3. The highest BCUT2D eigenvalue weighted by Crippen LogP contribution is 2.35. The number of benzene rings is 3. The lowest BCUT2D eigenvalue weighted by Gasteiger charge is -2.06. The maximum absolute atomic E-state index is 12.5. The maximum Gasteiger partial charge on any atom is 0.290 e. The summed E-state index contributed by atoms with van der Waals surface area (Å²) in [4.78, 5) is 18.2. The highest BCUT2D eigenvalue weighted by molar-refractivity contribution is 7.18. The van der Waals surface area contributed by atoms with Crippen molar-refractivity contribution >= 4 is 22.9 Å². The third kappa shape index (κ3) is 4.53. The summed E-state index contributed by atoms with van der Waals surface area (Å²) in [5.74, 6) is -0.319. The molecular weight excluding hydrogens is 430 g/mol. The Kier molecular flexibility index (Phi) is 5.70. The zero-order chi connectivity index (χ0) is 22.6. The standard InChI is InChI=1S/C26H21N5OS/c1-17-24(22-16-23(30-29-22)25(32)31-28-21-10-6-3-7-11-21)33-26(27-17)20-14-12-19(13-15-20)18-8-4-2-5-9-18/h2-16,28H,1H3,(H,29,30)(H,31,32). The summed E-state index contributed by atoms with van der Waals surface area (Å²) in [6.45, 7) is 1.96. The van der Waals surface area contributed by atoms with Gasteiger partial charge < -0.3 is 0 Å². The summed E-state index contributed by atoms with van der Waals surface area (Å²) in [6.07, 6.45) is 0. The Hall–Kier alpha value is -4.23. The minimum absolute atomic E-state index is 0.301. The quantitative estimate of drug-likeness (QED) is 0.279. The summed E-state index contributed by atoms with van der Waals surface area (Å²) >= 11 is 1.57. The molecule has 0 spiro atoms. The Bertz CT molecular complexity index is 1380. The Labute approximate surface area is 195 Å². The van der Waals surface area contributed by atoms with Crippen molar-refractivity contribution in [1.29, 1.82) is 0 Å². The summed E-state index contributed by atoms with van der Waals surface area (Å²) < 4.78 is 0. The number of hydrogen-bond donors (Lipinski definition) is 3. The molecule has 5 aromatic rings. The molecule has 0 saturated heterocycles. The second-order valence-electron chi connectivity index (χ2n) is 7.49. The lowest BCUT2D eigenvalue weighted by molar-refractivity contribution is 0.0957. The van der Waals surface area contributed by atoms with Crippen molar-refractivity contribution in [2.75, 3.05) is 5.43 Å². The number of nitrogens with zero attached hydrogens (tertiary/aromatic N) is 2. The van der Waals surface area contributed by atoms with Crippen LogP contribution in [0.2, 0.25) is 0 Å². The monoisotopic (exact) mass is 451 g/mol. The molecule has 2 aromatic heterocycles. The van der Waals surface area contributed by atoms with Gasteiger partial charge in [-0.1, -0.05) is 72.8 Å². The van der Waals surface area contributed by atoms with E-state index < -0.39 is 0 Å². The first kappa shape index (κ1) is 20.7. The van der Waals surface area contributed by atoms with Crippen molar-refractivity contribution in [1.82, 2.24) is 20.6 Å². The van der Waals surface area contributed by atoms with Gasteiger partial charge in [0.05, 0.1) is 22.0 Å². The molecule has 0 saturated carbocycles. The molecule has 2 heterocycles. The summed E-state index contributed by atoms with van der Waals surface area (Å²) in [6, 6.07) is 29.9. The first-order valence-electron chi connectivity index (χ1n) is 10.5. The Morgan fingerprint density at radius 3 is 2.21 bits per heavy atom. The maximum atomic E-state index is 12.5. The topological polar surface area (TPSA) is 82.7 Å². The number of hydrogen-bond acceptors (Lipinski definition) is 5. The van der Waals surface area contributed by atoms with Crippen molar-refractivity contribution < 1.29 is 4.79 Å². The third-order valence-corrected chi connectivity index (χ3v) is 6.42. The molecule has 3 N–H and O–H groups in total. The highest BCUT2D eigenvalue weighted by atomic mass is 32.1. The summed E-state index contributed by atoms with van der Waals surface area (Å²) in [5.41, 5.74) is 11.7. The molecule has 162 valence electrons. The summed E-state index contributed by atoms with van der Waals surface area (Å²) in [7, 11) is 0. The number of rotatable bonds is 6. The van der Waals surface area contributed by atoms with Gasteiger partial charge in [-0.05, 0) is 36.2 Å². The van der Waals surface area contributed by atoms with E-state index in [2.05, 4.69) is 57.4 Å². The van der Waals surface area contributed by atoms with Crippen LogP contribution in [0, 0.1) is 6.92 Å². The Balaban J connectivity index is 1.32. The molecule has 0 unspecified atom stereocenters. The van der Waals surface area contributed by atoms with E-state index in [0.717, 1.165) is 32.5 Å². The fraction of sp³-hybridized carbons (Fsp3) is 0.0385. The number of aryl methyl sites for hydroxylation is 1. The van der Waals surface area contributed by atoms with Gasteiger partial charge in [0.2, 0.25) is 0 Å². The molecule has 0 aliphatic carbocycles. The van der Waals surface area contributed by atoms with Gasteiger partial charge in [-0.25, -0.2) is 4.98 Å². The number of aromatic amines is 1. The number of para-hydroxylation sites is 1. The van der Waals surface area contributed by atoms with Crippen LogP contribution in [0.1, 0.15) is 16.2 Å². The molecule has 0 aliphatic rings. The van der Waals surface area contributed by atoms with Gasteiger partial charge in [0, 0.05) is 5.56 Å². The van der Waals surface area contributed by atoms with E-state index in [9.17, 15) is 4.79 Å². The predicted octanol–water partition coefficient (Wildman–Crippen LogP) is 5.93. The van der Waals surface area contributed by atoms with Crippen molar-refractivity contribution in [2.45, 2.75) is 6.92 Å². The Morgan fingerprint density at radius 1 is 0.848 bits per heavy atom. The van der Waals surface area contributed by atoms with Crippen LogP contribution in [-0.2, 0) is 0 Å². The molecular formula is C26H21N5OS. The average molecular weight is 452 g/mol. The van der Waals surface area contributed by atoms with E-state index in [4.69, 9.17) is 4.98 Å². The van der Waals surface area contributed by atoms with Gasteiger partial charge in [0.15, 0.2) is 5.69 Å². The molecule has 5 rings (SSSR count). The van der Waals surface area contributed by atoms with Crippen molar-refractivity contribution in [3.05, 3.63) is 102 Å². The van der Waals surface area contributed by atoms with Crippen LogP contribution in [0.3, 0.4) is 0 Å². The van der Waals surface area contributed by atoms with Crippen LogP contribution in [0.25, 0.3) is 32.3 Å². The molecule has 1 amide bonds. The molecule has 0 aliphatic heterocycles. The average Bonchev–Trinajstić information content (AvgIpc) is 3.51. The fourth-order valence-electron chi connectivity index (χ4n) is 3.47. The van der Waals surface area contributed by atoms with Crippen LogP contribution in [-0.4, -0.2) is 21.1 Å². The zero-order valence-corrected chi connectivity index (χ0v) is 18.7. The smallest absolute Gasteiger partial charge is 0.290 e. The van der Waals surface area contributed by atoms with E-state index >= 15 is 0 Å². The van der Waals surface area contributed by atoms with Gasteiger partial charge in [-0.3, -0.25) is 20.7 Å². The van der Waals surface area contributed by atoms with E-state index in [1.165, 1.54) is 11.1 Å². The molecule has 0 bridgehead atoms. The number of carbonyl (C=O) groups excluding carboxylic acids is 1. The third-order valence-electron chi connectivity index (χ3n) is 5.18. The number of thiazole rings is 1. The molecule has 3 aromatic carbocycles. The van der Waals surface area contributed by atoms with Crippen LogP contribution in [0.15, 0.2) is 91.0 Å². The van der Waals surface area contributed by atoms with Gasteiger partial charge in [-0.15, -0.1) is 11.3 Å². The van der Waals surface area contributed by atoms with E-state index in [1.807, 2.05) is 55.5 Å². The molecule has 0 fully saturated rings. The van der Waals surface area contributed by atoms with Crippen LogP contribution in [0.5, 0.6) is 0 Å². The SMILES string of the molecule is Cc1nc(-c2ccc(-c3ccccc3)cc2)sc1-c1cc(C(=O)NNc2ccccc2)n[nH]1. The van der Waals surface area contributed by atoms with Crippen molar-refractivity contribution in [3.63, 3.8) is 0 Å². The van der Waals surface area contributed by atoms with Crippen LogP contribution < -0.4 is 10.9 Å². The minimum Gasteiger partial charge on any atom is -0.298 e. The molecule has 0 atom stereocenters. The van der Waals surface area contributed by atoms with Crippen LogP contribution in [0.4, 0.5) is 5.69 Å². The van der Waals surface area contributed by atoms with E-state index in [-0.39, 0.29) is 5.91 Å². The molecule has 6 nitrogen and oxygen atoms in total. The molecule has 33 heavy (non-hydrogen) atoms. The van der Waals surface area contributed by atoms with Gasteiger partial charge in [-0.2, -0.15) is 5.10 Å². The van der Waals surface area contributed by atoms with Gasteiger partial charge in [0.1, 0.15) is 5.01 Å². The zero-order valence-electron chi connectivity index (χ0n) is 17.9. The highest BCUT2D eigenvalue weighted by Gasteiger charge is 2.16. The fourth-order valence-corrected chi connectivity index (χ4v) is 4.51. The van der Waals surface area contributed by atoms with Crippen LogP contribution >= 0.6 is 11.3 Å². The number of nitrogens with one attached hydrogen (secondary N) is 3. The number of amides is 1. The van der Waals surface area contributed by atoms with E-state index in [1.54, 1.807) is 17.4 Å². The largest absolute Gasteiger partial charge is 0.298 e. The van der Waals surface area contributed by atoms with Gasteiger partial charge >= 0.3 is 0 Å². The summed E-state index contributed by atoms with van der Waals surface area (Å²) in [5, 5.41) is 8.07. The number of H-pyrrole nitrogens is 1. The second-order valence-corrected chi connectivity index (χ2v) is 8.49. The van der Waals surface area contributed by atoms with Crippen molar-refractivity contribution in [2.24, 2.45) is 0 Å². The minimum atomic E-state index is -0.319. The lowest BCUT2D eigenvalue weighted by atomic mass is 10.0. The molecule has 7 heteroatoms. The van der Waals surface area contributed by atoms with Gasteiger partial charge in [0.25, 0.3) is 5.91 Å². The predicted molar refractivity (Wildman–Crippen MR) is 133 cm³/mol. The number of anilines is 1. The Morgan fingerprint density at radius 2 is 1.48 bits per heavy atom. The first-order valence-corrected chi connectivity index (χ1v) is 11.3. The van der Waals surface area contributed by atoms with Crippen molar-refractivity contribution in [3.8, 4) is 32.3 Å². The number of carbonyl (C=O) groups is 1. The molecule has 0 radical (unpaired) electrons. The lowest BCUT2D eigenvalue weighted by Crippen LogP contribution is -2.29. The van der Waals surface area contributed by atoms with E-state index in [0.29, 0.717) is 5.69 Å².